The van der Waals surface area contributed by atoms with Gasteiger partial charge in [0.1, 0.15) is 0 Å². The van der Waals surface area contributed by atoms with Crippen LogP contribution in [0.25, 0.3) is 0 Å². The molecule has 8 aromatic carbocycles. The largest absolute Gasteiger partial charge is 0.673 e. The summed E-state index contributed by atoms with van der Waals surface area (Å²) in [6, 6.07) is 92.4. The van der Waals surface area contributed by atoms with Crippen molar-refractivity contribution in [2.75, 3.05) is 0 Å². The van der Waals surface area contributed by atoms with Crippen LogP contribution in [-0.2, 0) is 39.0 Å². The zero-order chi connectivity index (χ0) is 66.7. The summed E-state index contributed by atoms with van der Waals surface area (Å²) in [6.45, 7) is 0. The van der Waals surface area contributed by atoms with Crippen LogP contribution in [-0.4, -0.2) is 37.1 Å². The minimum Gasteiger partial charge on any atom is -0.418 e. The van der Waals surface area contributed by atoms with E-state index in [0.29, 0.717) is 0 Å². The van der Waals surface area contributed by atoms with Crippen LogP contribution in [0.5, 0.6) is 0 Å². The molecule has 4 saturated carbocycles. The van der Waals surface area contributed by atoms with Crippen LogP contribution >= 0.6 is 31.7 Å². The molecular weight excluding hydrogens is 1490 g/mol. The van der Waals surface area contributed by atoms with Gasteiger partial charge in [0.15, 0.2) is 0 Å². The standard InChI is InChI=1S/2C34H36P2.2C7H8.2BF4.2Rh/c2*1-5-15-27(16-6-1)35(28-17-7-2-8-18-28)33-25-13-23-31(33)32-24-14-26-34(32)36(29-19-9-3-10-20-29)30-21-11-4-12-22-30;2*1-2-7-4-3-6(1)5-7;2*2-1(3,4)5;;/h2*1-12,15-22,31-34H,13-14,23-26H2;2*1-4,6-7H,5H2;;;;/q;;;;2*-1;;/p+4/t2*31-,32-,33-,34-;;;;;;/m11....../s1. The zero-order valence-electron chi connectivity index (χ0n) is 55.4. The van der Waals surface area contributed by atoms with E-state index in [1.54, 1.807) is 42.4 Å². The Labute approximate surface area is 608 Å². The van der Waals surface area contributed by atoms with Gasteiger partial charge in [-0.3, -0.25) is 0 Å². The molecule has 16 rings (SSSR count). The molecule has 2 radical (unpaired) electrons. The molecule has 16 heteroatoms. The Kier molecular flexibility index (Phi) is 30.4. The minimum absolute atomic E-state index is 0. The first-order valence-electron chi connectivity index (χ1n) is 35.1. The zero-order valence-corrected chi connectivity index (χ0v) is 62.7. The Morgan fingerprint density at radius 2 is 0.347 bits per heavy atom. The summed E-state index contributed by atoms with van der Waals surface area (Å²) in [5, 5.41) is 12.9. The van der Waals surface area contributed by atoms with Crippen molar-refractivity contribution in [3.63, 3.8) is 0 Å². The number of fused-ring (bicyclic) bond motifs is 4. The fourth-order valence-electron chi connectivity index (χ4n) is 17.4. The van der Waals surface area contributed by atoms with Gasteiger partial charge in [0.25, 0.3) is 0 Å². The van der Waals surface area contributed by atoms with Crippen molar-refractivity contribution >= 4 is 88.6 Å². The Hall–Kier alpha value is -4.74. The van der Waals surface area contributed by atoms with Gasteiger partial charge in [0, 0.05) is 62.6 Å². The molecule has 0 spiro atoms. The molecule has 8 aliphatic rings. The summed E-state index contributed by atoms with van der Waals surface area (Å²) in [4.78, 5) is 0. The molecule has 8 atom stereocenters. The first-order valence-corrected chi connectivity index (χ1v) is 41.4. The first kappa shape index (κ1) is 77.4. The second-order valence-corrected chi connectivity index (χ2v) is 37.9. The second-order valence-electron chi connectivity index (χ2n) is 27.0. The summed E-state index contributed by atoms with van der Waals surface area (Å²) >= 11 is 0. The van der Waals surface area contributed by atoms with E-state index in [1.165, 1.54) is 89.9 Å². The SMILES string of the molecule is C1=CC2C=CC1C2.C1=CC2C=CC1C2.F[B-](F)(F)F.F[B-](F)(F)F.[Rh].[Rh].c1ccc([PH+](c2ccccc2)[C@@H]2CCC[C@@H]2[C@H]2CCC[C@H]2[PH+](c2ccccc2)c2ccccc2)cc1.c1ccc([PH+](c2ccccc2)[C@@H]2CCC[C@@H]2[C@H]2CCC[C@H]2[PH+](c2ccccc2)c2ccccc2)cc1. The maximum atomic E-state index is 9.75. The molecule has 0 aromatic heterocycles. The maximum absolute atomic E-state index is 9.75. The molecule has 0 unspecified atom stereocenters. The average molecular weight is 1580 g/mol. The minimum atomic E-state index is -6.00. The molecule has 0 saturated heterocycles. The van der Waals surface area contributed by atoms with Crippen molar-refractivity contribution in [3.05, 3.63) is 291 Å². The summed E-state index contributed by atoms with van der Waals surface area (Å²) in [7, 11) is -15.3. The van der Waals surface area contributed by atoms with Crippen LogP contribution in [0.3, 0.4) is 0 Å². The van der Waals surface area contributed by atoms with Gasteiger partial charge >= 0.3 is 14.5 Å². The van der Waals surface area contributed by atoms with Gasteiger partial charge in [-0.1, -0.05) is 194 Å². The van der Waals surface area contributed by atoms with Crippen LogP contribution in [0.1, 0.15) is 89.9 Å². The number of allylic oxidation sites excluding steroid dienone is 8. The number of hydrogen-bond acceptors (Lipinski definition) is 0. The van der Waals surface area contributed by atoms with Gasteiger partial charge in [-0.2, -0.15) is 0 Å². The third kappa shape index (κ3) is 22.1. The molecule has 518 valence electrons. The monoisotopic (exact) mass is 1580 g/mol. The first-order chi connectivity index (χ1) is 46.7. The molecule has 8 aromatic rings. The average Bonchev–Trinajstić information content (AvgIpc) is 1.57. The molecule has 98 heavy (non-hydrogen) atoms. The fourth-order valence-corrected chi connectivity index (χ4v) is 31.9. The molecule has 8 aliphatic carbocycles. The van der Waals surface area contributed by atoms with Crippen LogP contribution in [0, 0.1) is 47.3 Å². The van der Waals surface area contributed by atoms with Crippen molar-refractivity contribution in [3.8, 4) is 0 Å². The van der Waals surface area contributed by atoms with Gasteiger partial charge in [0.05, 0.1) is 96.8 Å². The van der Waals surface area contributed by atoms with Gasteiger partial charge in [-0.15, -0.1) is 0 Å². The van der Waals surface area contributed by atoms with Crippen molar-refractivity contribution in [1.29, 1.82) is 0 Å². The summed E-state index contributed by atoms with van der Waals surface area (Å²) in [5.74, 6) is 6.68. The molecule has 0 nitrogen and oxygen atoms in total. The van der Waals surface area contributed by atoms with Gasteiger partial charge < -0.3 is 34.5 Å². The Balaban J connectivity index is 0.000000168. The number of rotatable bonds is 14. The molecule has 0 N–H and O–H groups in total. The number of hydrogen-bond donors (Lipinski definition) is 0. The summed E-state index contributed by atoms with van der Waals surface area (Å²) in [5.41, 5.74) is 3.33. The quantitative estimate of drug-likeness (QED) is 0.0441. The van der Waals surface area contributed by atoms with E-state index in [0.717, 1.165) is 70.0 Å². The smallest absolute Gasteiger partial charge is 0.418 e. The third-order valence-electron chi connectivity index (χ3n) is 21.0. The van der Waals surface area contributed by atoms with Gasteiger partial charge in [-0.25, -0.2) is 0 Å². The van der Waals surface area contributed by atoms with Crippen LogP contribution in [0.2, 0.25) is 0 Å². The molecule has 4 bridgehead atoms. The molecule has 0 amide bonds. The van der Waals surface area contributed by atoms with E-state index in [9.17, 15) is 34.5 Å². The van der Waals surface area contributed by atoms with E-state index < -0.39 is 46.2 Å². The normalized spacial score (nSPS) is 25.0. The van der Waals surface area contributed by atoms with E-state index in [-0.39, 0.29) is 39.0 Å². The Morgan fingerprint density at radius 3 is 0.459 bits per heavy atom. The second kappa shape index (κ2) is 38.5. The van der Waals surface area contributed by atoms with E-state index >= 15 is 0 Å². The number of benzene rings is 8. The Morgan fingerprint density at radius 1 is 0.214 bits per heavy atom. The van der Waals surface area contributed by atoms with E-state index in [4.69, 9.17) is 0 Å². The molecule has 4 fully saturated rings. The summed E-state index contributed by atoms with van der Waals surface area (Å²) < 4.78 is 78.0. The summed E-state index contributed by atoms with van der Waals surface area (Å²) in [6.07, 6.45) is 38.1. The predicted octanol–water partition coefficient (Wildman–Crippen LogP) is 20.2. The predicted molar refractivity (Wildman–Crippen MR) is 407 cm³/mol. The van der Waals surface area contributed by atoms with Crippen LogP contribution in [0.4, 0.5) is 34.5 Å². The van der Waals surface area contributed by atoms with Crippen molar-refractivity contribution < 1.29 is 73.5 Å². The van der Waals surface area contributed by atoms with Crippen molar-refractivity contribution in [2.24, 2.45) is 47.3 Å². The van der Waals surface area contributed by atoms with Gasteiger partial charge in [-0.05, 0) is 211 Å². The topological polar surface area (TPSA) is 0 Å². The maximum Gasteiger partial charge on any atom is 0.673 e. The van der Waals surface area contributed by atoms with Crippen molar-refractivity contribution in [2.45, 2.75) is 113 Å². The van der Waals surface area contributed by atoms with E-state index in [1.807, 2.05) is 0 Å². The van der Waals surface area contributed by atoms with E-state index in [2.05, 4.69) is 291 Å². The molecule has 0 aliphatic heterocycles. The fraction of sp³-hybridized carbons (Fsp3) is 0.317. The molecule has 0 heterocycles. The van der Waals surface area contributed by atoms with Crippen LogP contribution < -0.4 is 42.4 Å². The van der Waals surface area contributed by atoms with Crippen LogP contribution in [0.15, 0.2) is 291 Å². The van der Waals surface area contributed by atoms with Gasteiger partial charge in [0.2, 0.25) is 0 Å². The third-order valence-corrected chi connectivity index (χ3v) is 34.5. The van der Waals surface area contributed by atoms with Crippen molar-refractivity contribution in [1.82, 2.24) is 0 Å². The Bertz CT molecular complexity index is 3030. The number of halogens is 8. The molecular formula is C82H92B2F8P4Rh2+2.